The minimum Gasteiger partial charge on any atom is -0.341 e. The van der Waals surface area contributed by atoms with Crippen LogP contribution in [0.4, 0.5) is 0 Å². The summed E-state index contributed by atoms with van der Waals surface area (Å²) in [6.07, 6.45) is 7.78. The normalized spacial score (nSPS) is 40.3. The van der Waals surface area contributed by atoms with Crippen LogP contribution in [0.15, 0.2) is 23.8 Å². The van der Waals surface area contributed by atoms with Gasteiger partial charge in [0.25, 0.3) is 0 Å². The van der Waals surface area contributed by atoms with Crippen LogP contribution in [0.25, 0.3) is 0 Å². The number of likely N-dealkylation sites (N-methyl/N-ethyl adjacent to an activating group) is 1. The Kier molecular flexibility index (Phi) is 5.15. The number of ketones is 1. The molecule has 0 spiro atoms. The lowest BCUT2D eigenvalue weighted by atomic mass is 9.92. The van der Waals surface area contributed by atoms with E-state index in [4.69, 9.17) is 5.73 Å². The van der Waals surface area contributed by atoms with Crippen LogP contribution in [-0.2, 0) is 9.59 Å². The molecule has 5 nitrogen and oxygen atoms in total. The zero-order chi connectivity index (χ0) is 20.1. The molecule has 0 aromatic heterocycles. The van der Waals surface area contributed by atoms with Gasteiger partial charge in [-0.05, 0) is 37.1 Å². The van der Waals surface area contributed by atoms with Crippen molar-refractivity contribution in [3.63, 3.8) is 0 Å². The van der Waals surface area contributed by atoms with Crippen LogP contribution in [-0.4, -0.2) is 47.3 Å². The Morgan fingerprint density at radius 3 is 2.37 bits per heavy atom. The molecule has 1 amide bonds. The Labute approximate surface area is 163 Å². The molecule has 5 atom stereocenters. The van der Waals surface area contributed by atoms with E-state index in [9.17, 15) is 9.59 Å². The molecule has 3 aliphatic carbocycles. The number of hydrogen-bond acceptors (Lipinski definition) is 4. The molecule has 2 fully saturated rings. The molecule has 27 heavy (non-hydrogen) atoms. The first kappa shape index (κ1) is 20.3. The average molecular weight is 374 g/mol. The summed E-state index contributed by atoms with van der Waals surface area (Å²) in [5, 5.41) is 3.14. The second-order valence-corrected chi connectivity index (χ2v) is 9.29. The average Bonchev–Trinajstić information content (AvgIpc) is 3.43. The Hall–Kier alpha value is -1.46. The minimum atomic E-state index is -0.632. The standard InChI is InChI=1S/C22H35N3O2/c1-13(2)21(12-19(21)26)24-20(27)22(15(4)16(22)5)25(6)10-9-17-7-8-18(23)14(3)11-17/h7-8,11,13-16,18H,9-10,12,23H2,1-6H3,(H,24,27). The molecule has 3 aliphatic rings. The molecule has 0 aromatic rings. The van der Waals surface area contributed by atoms with Gasteiger partial charge in [-0.1, -0.05) is 58.4 Å². The largest absolute Gasteiger partial charge is 0.341 e. The van der Waals surface area contributed by atoms with E-state index in [1.54, 1.807) is 0 Å². The van der Waals surface area contributed by atoms with Crippen molar-refractivity contribution in [1.82, 2.24) is 10.2 Å². The van der Waals surface area contributed by atoms with Crippen LogP contribution in [0, 0.1) is 23.7 Å². The van der Waals surface area contributed by atoms with E-state index in [1.807, 2.05) is 20.9 Å². The van der Waals surface area contributed by atoms with Crippen LogP contribution in [0.1, 0.15) is 47.5 Å². The maximum absolute atomic E-state index is 13.3. The van der Waals surface area contributed by atoms with Gasteiger partial charge >= 0.3 is 0 Å². The number of Topliss-reactive ketones (excluding diaryl/α,β-unsaturated/α-hetero) is 1. The minimum absolute atomic E-state index is 0.0214. The Morgan fingerprint density at radius 2 is 1.93 bits per heavy atom. The number of amides is 1. The van der Waals surface area contributed by atoms with E-state index in [2.05, 4.69) is 49.2 Å². The highest BCUT2D eigenvalue weighted by molar-refractivity contribution is 6.09. The summed E-state index contributed by atoms with van der Waals surface area (Å²) in [6, 6.07) is 0.0929. The molecular formula is C22H35N3O2. The summed E-state index contributed by atoms with van der Waals surface area (Å²) in [5.74, 6) is 1.22. The topological polar surface area (TPSA) is 75.4 Å². The van der Waals surface area contributed by atoms with Crippen LogP contribution < -0.4 is 11.1 Å². The van der Waals surface area contributed by atoms with Crippen LogP contribution in [0.2, 0.25) is 0 Å². The Bertz CT molecular complexity index is 688. The van der Waals surface area contributed by atoms with Crippen molar-refractivity contribution in [1.29, 1.82) is 0 Å². The Balaban J connectivity index is 1.68. The van der Waals surface area contributed by atoms with E-state index >= 15 is 0 Å². The van der Waals surface area contributed by atoms with Crippen molar-refractivity contribution in [3.8, 4) is 0 Å². The maximum atomic E-state index is 13.3. The van der Waals surface area contributed by atoms with Gasteiger partial charge < -0.3 is 11.1 Å². The number of allylic oxidation sites excluding steroid dienone is 1. The first-order valence-electron chi connectivity index (χ1n) is 10.3. The molecule has 2 saturated carbocycles. The molecule has 150 valence electrons. The van der Waals surface area contributed by atoms with Crippen molar-refractivity contribution >= 4 is 11.7 Å². The van der Waals surface area contributed by atoms with Gasteiger partial charge in [-0.25, -0.2) is 0 Å². The van der Waals surface area contributed by atoms with E-state index < -0.39 is 11.1 Å². The highest BCUT2D eigenvalue weighted by Gasteiger charge is 2.69. The predicted molar refractivity (Wildman–Crippen MR) is 108 cm³/mol. The van der Waals surface area contributed by atoms with E-state index in [0.717, 1.165) is 13.0 Å². The fourth-order valence-corrected chi connectivity index (χ4v) is 4.89. The molecule has 3 rings (SSSR count). The first-order valence-corrected chi connectivity index (χ1v) is 10.3. The number of nitrogens with zero attached hydrogens (tertiary/aromatic N) is 1. The number of carbonyl (C=O) groups is 2. The van der Waals surface area contributed by atoms with Gasteiger partial charge in [0.1, 0.15) is 11.1 Å². The van der Waals surface area contributed by atoms with Gasteiger partial charge in [-0.15, -0.1) is 0 Å². The van der Waals surface area contributed by atoms with E-state index in [0.29, 0.717) is 12.3 Å². The van der Waals surface area contributed by atoms with Crippen LogP contribution in [0.5, 0.6) is 0 Å². The third kappa shape index (κ3) is 3.19. The van der Waals surface area contributed by atoms with Gasteiger partial charge in [0.05, 0.1) is 0 Å². The van der Waals surface area contributed by atoms with Crippen molar-refractivity contribution in [2.45, 2.75) is 64.6 Å². The summed E-state index contributed by atoms with van der Waals surface area (Å²) in [7, 11) is 2.04. The molecule has 0 radical (unpaired) electrons. The van der Waals surface area contributed by atoms with Gasteiger partial charge in [0.2, 0.25) is 5.91 Å². The summed E-state index contributed by atoms with van der Waals surface area (Å²) in [5.41, 5.74) is 6.17. The molecule has 0 aromatic carbocycles. The van der Waals surface area contributed by atoms with Crippen molar-refractivity contribution in [2.75, 3.05) is 13.6 Å². The molecular weight excluding hydrogens is 338 g/mol. The second-order valence-electron chi connectivity index (χ2n) is 9.29. The predicted octanol–water partition coefficient (Wildman–Crippen LogP) is 2.28. The van der Waals surface area contributed by atoms with Crippen LogP contribution >= 0.6 is 0 Å². The van der Waals surface area contributed by atoms with Crippen molar-refractivity contribution in [3.05, 3.63) is 23.8 Å². The summed E-state index contributed by atoms with van der Waals surface area (Å²) in [6.45, 7) is 11.2. The summed E-state index contributed by atoms with van der Waals surface area (Å²) < 4.78 is 0. The zero-order valence-corrected chi connectivity index (χ0v) is 17.6. The van der Waals surface area contributed by atoms with E-state index in [-0.39, 0.29) is 35.5 Å². The fraction of sp³-hybridized carbons (Fsp3) is 0.727. The lowest BCUT2D eigenvalue weighted by Gasteiger charge is -2.32. The number of hydrogen-bond donors (Lipinski definition) is 2. The highest BCUT2D eigenvalue weighted by Crippen LogP contribution is 2.55. The third-order valence-corrected chi connectivity index (χ3v) is 7.51. The molecule has 3 N–H and O–H groups in total. The maximum Gasteiger partial charge on any atom is 0.241 e. The lowest BCUT2D eigenvalue weighted by molar-refractivity contribution is -0.131. The smallest absolute Gasteiger partial charge is 0.241 e. The first-order chi connectivity index (χ1) is 12.6. The number of nitrogens with two attached hydrogens (primary N) is 1. The number of rotatable bonds is 7. The van der Waals surface area contributed by atoms with Gasteiger partial charge in [-0.3, -0.25) is 14.5 Å². The quantitative estimate of drug-likeness (QED) is 0.718. The summed E-state index contributed by atoms with van der Waals surface area (Å²) >= 11 is 0. The lowest BCUT2D eigenvalue weighted by Crippen LogP contribution is -2.55. The molecule has 5 unspecified atom stereocenters. The number of nitrogens with one attached hydrogen (secondary N) is 1. The molecule has 0 aliphatic heterocycles. The van der Waals surface area contributed by atoms with Gasteiger partial charge in [0, 0.05) is 19.0 Å². The number of carbonyl (C=O) groups excluding carboxylic acids is 2. The van der Waals surface area contributed by atoms with E-state index in [1.165, 1.54) is 5.57 Å². The van der Waals surface area contributed by atoms with Crippen molar-refractivity contribution < 1.29 is 9.59 Å². The van der Waals surface area contributed by atoms with Gasteiger partial charge in [-0.2, -0.15) is 0 Å². The monoisotopic (exact) mass is 373 g/mol. The zero-order valence-electron chi connectivity index (χ0n) is 17.6. The molecule has 0 saturated heterocycles. The third-order valence-electron chi connectivity index (χ3n) is 7.51. The fourth-order valence-electron chi connectivity index (χ4n) is 4.89. The molecule has 0 heterocycles. The van der Waals surface area contributed by atoms with Crippen LogP contribution in [0.3, 0.4) is 0 Å². The molecule has 0 bridgehead atoms. The Morgan fingerprint density at radius 1 is 1.33 bits per heavy atom. The van der Waals surface area contributed by atoms with Crippen molar-refractivity contribution in [2.24, 2.45) is 29.4 Å². The SMILES string of the molecule is CC1C=C(CCN(C)C2(C(=O)NC3(C(C)C)CC3=O)C(C)C2C)C=CC1N. The van der Waals surface area contributed by atoms with Gasteiger partial charge in [0.15, 0.2) is 5.78 Å². The summed E-state index contributed by atoms with van der Waals surface area (Å²) in [4.78, 5) is 27.5. The molecule has 5 heteroatoms. The second kappa shape index (κ2) is 6.85. The highest BCUT2D eigenvalue weighted by atomic mass is 16.2.